The lowest BCUT2D eigenvalue weighted by Crippen LogP contribution is -2.42. The van der Waals surface area contributed by atoms with Crippen LogP contribution in [0, 0.1) is 0 Å². The predicted octanol–water partition coefficient (Wildman–Crippen LogP) is 1.49. The molecular weight excluding hydrogens is 348 g/mol. The molecule has 0 aliphatic rings. The number of halogens is 1. The second kappa shape index (κ2) is 7.18. The van der Waals surface area contributed by atoms with Gasteiger partial charge in [-0.3, -0.25) is 30.0 Å². The van der Waals surface area contributed by atoms with Crippen LogP contribution in [-0.2, 0) is 11.3 Å². The molecule has 0 spiro atoms. The number of hydrogen-bond acceptors (Lipinski definition) is 5. The number of nitrogens with one attached hydrogen (secondary N) is 2. The summed E-state index contributed by atoms with van der Waals surface area (Å²) >= 11 is 5.85. The average Bonchev–Trinajstić information content (AvgIpc) is 2.92. The highest BCUT2D eigenvalue weighted by Crippen LogP contribution is 2.18. The van der Waals surface area contributed by atoms with Crippen molar-refractivity contribution in [3.05, 3.63) is 63.9 Å². The third kappa shape index (κ3) is 3.86. The number of aryl methyl sites for hydroxylation is 1. The van der Waals surface area contributed by atoms with Crippen molar-refractivity contribution >= 4 is 34.5 Å². The number of nitrogens with zero attached hydrogens (tertiary/aromatic N) is 2. The Labute approximate surface area is 146 Å². The largest absolute Gasteiger partial charge is 0.419 e. The maximum absolute atomic E-state index is 11.9. The summed E-state index contributed by atoms with van der Waals surface area (Å²) < 4.78 is 6.41. The lowest BCUT2D eigenvalue weighted by molar-refractivity contribution is -0.122. The Balaban J connectivity index is 1.59. The molecule has 0 bridgehead atoms. The van der Waals surface area contributed by atoms with E-state index < -0.39 is 17.6 Å². The molecule has 0 radical (unpaired) electrons. The summed E-state index contributed by atoms with van der Waals surface area (Å²) in [5.41, 5.74) is 5.60. The van der Waals surface area contributed by atoms with Gasteiger partial charge in [0.1, 0.15) is 5.69 Å². The van der Waals surface area contributed by atoms with Crippen LogP contribution in [-0.4, -0.2) is 21.4 Å². The third-order valence-electron chi connectivity index (χ3n) is 3.41. The molecule has 3 aromatic rings. The van der Waals surface area contributed by atoms with E-state index in [2.05, 4.69) is 15.8 Å². The molecule has 1 aromatic carbocycles. The van der Waals surface area contributed by atoms with E-state index in [1.165, 1.54) is 22.9 Å². The van der Waals surface area contributed by atoms with Gasteiger partial charge in [0.15, 0.2) is 5.58 Å². The van der Waals surface area contributed by atoms with Gasteiger partial charge in [0.2, 0.25) is 5.91 Å². The number of hydrogen-bond donors (Lipinski definition) is 2. The lowest BCUT2D eigenvalue weighted by atomic mass is 10.3. The number of amides is 2. The van der Waals surface area contributed by atoms with Crippen LogP contribution in [0.25, 0.3) is 11.1 Å². The number of pyridine rings is 1. The second-order valence-corrected chi connectivity index (χ2v) is 5.54. The van der Waals surface area contributed by atoms with Gasteiger partial charge >= 0.3 is 5.76 Å². The van der Waals surface area contributed by atoms with E-state index in [1.54, 1.807) is 24.3 Å². The van der Waals surface area contributed by atoms with Gasteiger partial charge in [0.05, 0.1) is 5.52 Å². The van der Waals surface area contributed by atoms with Gasteiger partial charge in [-0.2, -0.15) is 0 Å². The fourth-order valence-corrected chi connectivity index (χ4v) is 2.38. The highest BCUT2D eigenvalue weighted by atomic mass is 35.5. The van der Waals surface area contributed by atoms with Crippen molar-refractivity contribution in [2.24, 2.45) is 0 Å². The number of aromatic nitrogens is 2. The first-order chi connectivity index (χ1) is 12.0. The summed E-state index contributed by atoms with van der Waals surface area (Å²) in [6, 6.07) is 9.65. The van der Waals surface area contributed by atoms with E-state index in [0.717, 1.165) is 0 Å². The standard InChI is InChI=1S/C16H13ClN4O4/c17-10-4-5-12-13(9-10)25-16(24)21(12)8-6-14(22)19-20-15(23)11-3-1-2-7-18-11/h1-5,7,9H,6,8H2,(H,19,22)(H,20,23). The van der Waals surface area contributed by atoms with E-state index in [-0.39, 0.29) is 18.7 Å². The molecule has 2 amide bonds. The normalized spacial score (nSPS) is 10.6. The van der Waals surface area contributed by atoms with Crippen LogP contribution in [0.5, 0.6) is 0 Å². The minimum atomic E-state index is -0.581. The molecule has 0 saturated carbocycles. The quantitative estimate of drug-likeness (QED) is 0.686. The van der Waals surface area contributed by atoms with Gasteiger partial charge in [0, 0.05) is 30.3 Å². The SMILES string of the molecule is O=C(CCn1c(=O)oc2cc(Cl)ccc21)NNC(=O)c1ccccn1. The molecule has 2 aromatic heterocycles. The third-order valence-corrected chi connectivity index (χ3v) is 3.64. The minimum absolute atomic E-state index is 0.0281. The van der Waals surface area contributed by atoms with Crippen molar-refractivity contribution in [2.75, 3.05) is 0 Å². The van der Waals surface area contributed by atoms with Gasteiger partial charge in [-0.05, 0) is 24.3 Å². The molecule has 0 unspecified atom stereocenters. The van der Waals surface area contributed by atoms with Crippen molar-refractivity contribution in [2.45, 2.75) is 13.0 Å². The highest BCUT2D eigenvalue weighted by Gasteiger charge is 2.12. The molecular formula is C16H13ClN4O4. The Hall–Kier alpha value is -3.13. The fourth-order valence-electron chi connectivity index (χ4n) is 2.22. The molecule has 128 valence electrons. The summed E-state index contributed by atoms with van der Waals surface area (Å²) in [7, 11) is 0. The van der Waals surface area contributed by atoms with Gasteiger partial charge in [-0.1, -0.05) is 17.7 Å². The van der Waals surface area contributed by atoms with Crippen molar-refractivity contribution in [3.63, 3.8) is 0 Å². The van der Waals surface area contributed by atoms with Crippen LogP contribution in [0.2, 0.25) is 5.02 Å². The number of oxazole rings is 1. The van der Waals surface area contributed by atoms with E-state index in [1.807, 2.05) is 0 Å². The van der Waals surface area contributed by atoms with Gasteiger partial charge in [0.25, 0.3) is 5.91 Å². The molecule has 0 fully saturated rings. The van der Waals surface area contributed by atoms with Gasteiger partial charge in [-0.15, -0.1) is 0 Å². The van der Waals surface area contributed by atoms with E-state index in [9.17, 15) is 14.4 Å². The van der Waals surface area contributed by atoms with E-state index >= 15 is 0 Å². The maximum atomic E-state index is 11.9. The van der Waals surface area contributed by atoms with Crippen LogP contribution >= 0.6 is 11.6 Å². The smallest absolute Gasteiger partial charge is 0.408 e. The zero-order chi connectivity index (χ0) is 17.8. The number of hydrazine groups is 1. The van der Waals surface area contributed by atoms with E-state index in [0.29, 0.717) is 16.1 Å². The van der Waals surface area contributed by atoms with Crippen LogP contribution < -0.4 is 16.6 Å². The molecule has 0 saturated heterocycles. The Kier molecular flexibility index (Phi) is 4.80. The zero-order valence-corrected chi connectivity index (χ0v) is 13.6. The molecule has 25 heavy (non-hydrogen) atoms. The van der Waals surface area contributed by atoms with Crippen LogP contribution in [0.1, 0.15) is 16.9 Å². The summed E-state index contributed by atoms with van der Waals surface area (Å²) in [4.78, 5) is 39.4. The fraction of sp³-hybridized carbons (Fsp3) is 0.125. The molecule has 0 aliphatic carbocycles. The van der Waals surface area contributed by atoms with Gasteiger partial charge in [-0.25, -0.2) is 4.79 Å². The minimum Gasteiger partial charge on any atom is -0.408 e. The summed E-state index contributed by atoms with van der Waals surface area (Å²) in [5.74, 6) is -1.57. The molecule has 0 aliphatic heterocycles. The first kappa shape index (κ1) is 16.7. The van der Waals surface area contributed by atoms with Crippen LogP contribution in [0.3, 0.4) is 0 Å². The molecule has 9 heteroatoms. The van der Waals surface area contributed by atoms with Gasteiger partial charge < -0.3 is 4.42 Å². The van der Waals surface area contributed by atoms with Crippen molar-refractivity contribution in [1.29, 1.82) is 0 Å². The van der Waals surface area contributed by atoms with Crippen molar-refractivity contribution < 1.29 is 14.0 Å². The number of rotatable bonds is 4. The second-order valence-electron chi connectivity index (χ2n) is 5.10. The Bertz CT molecular complexity index is 981. The lowest BCUT2D eigenvalue weighted by Gasteiger charge is -2.07. The molecule has 0 atom stereocenters. The molecule has 3 rings (SSSR count). The average molecular weight is 361 g/mol. The number of carbonyl (C=O) groups is 2. The van der Waals surface area contributed by atoms with E-state index in [4.69, 9.17) is 16.0 Å². The van der Waals surface area contributed by atoms with Crippen molar-refractivity contribution in [3.8, 4) is 0 Å². The number of fused-ring (bicyclic) bond motifs is 1. The summed E-state index contributed by atoms with van der Waals surface area (Å²) in [6.45, 7) is 0.0960. The zero-order valence-electron chi connectivity index (χ0n) is 12.9. The van der Waals surface area contributed by atoms with Crippen molar-refractivity contribution in [1.82, 2.24) is 20.4 Å². The summed E-state index contributed by atoms with van der Waals surface area (Å²) in [6.07, 6.45) is 1.44. The predicted molar refractivity (Wildman–Crippen MR) is 89.9 cm³/mol. The van der Waals surface area contributed by atoms with Crippen LogP contribution in [0.4, 0.5) is 0 Å². The Morgan fingerprint density at radius 1 is 1.20 bits per heavy atom. The molecule has 8 nitrogen and oxygen atoms in total. The molecule has 2 heterocycles. The monoisotopic (exact) mass is 360 g/mol. The molecule has 2 N–H and O–H groups in total. The number of carbonyl (C=O) groups excluding carboxylic acids is 2. The Morgan fingerprint density at radius 2 is 2.04 bits per heavy atom. The first-order valence-corrected chi connectivity index (χ1v) is 7.71. The first-order valence-electron chi connectivity index (χ1n) is 7.34. The number of benzene rings is 1. The highest BCUT2D eigenvalue weighted by molar-refractivity contribution is 6.31. The Morgan fingerprint density at radius 3 is 2.80 bits per heavy atom. The maximum Gasteiger partial charge on any atom is 0.419 e. The summed E-state index contributed by atoms with van der Waals surface area (Å²) in [5, 5.41) is 0.448. The van der Waals surface area contributed by atoms with Crippen LogP contribution in [0.15, 0.2) is 51.8 Å². The topological polar surface area (TPSA) is 106 Å².